The van der Waals surface area contributed by atoms with Gasteiger partial charge in [0.05, 0.1) is 0 Å². The van der Waals surface area contributed by atoms with Crippen LogP contribution in [0, 0.1) is 0 Å². The van der Waals surface area contributed by atoms with E-state index in [-0.39, 0.29) is 0 Å². The van der Waals surface area contributed by atoms with Crippen LogP contribution in [0.5, 0.6) is 0 Å². The van der Waals surface area contributed by atoms with Crippen molar-refractivity contribution in [1.29, 1.82) is 0 Å². The van der Waals surface area contributed by atoms with Crippen LogP contribution >= 0.6 is 0 Å². The highest BCUT2D eigenvalue weighted by Gasteiger charge is 2.19. The molecule has 27 heavy (non-hydrogen) atoms. The number of guanidine groups is 1. The Morgan fingerprint density at radius 3 is 2.63 bits per heavy atom. The van der Waals surface area contributed by atoms with Gasteiger partial charge in [-0.05, 0) is 37.5 Å². The summed E-state index contributed by atoms with van der Waals surface area (Å²) in [6, 6.07) is 9.24. The number of nitrogens with zero attached hydrogens (tertiary/aromatic N) is 3. The van der Waals surface area contributed by atoms with Crippen molar-refractivity contribution in [1.82, 2.24) is 15.5 Å². The fraction of sp³-hybridized carbons (Fsp3) is 0.500. The van der Waals surface area contributed by atoms with Gasteiger partial charge in [0.2, 0.25) is 0 Å². The van der Waals surface area contributed by atoms with Crippen molar-refractivity contribution in [2.45, 2.75) is 32.4 Å². The third kappa shape index (κ3) is 5.86. The van der Waals surface area contributed by atoms with Crippen LogP contribution < -0.4 is 15.5 Å². The zero-order valence-corrected chi connectivity index (χ0v) is 16.7. The molecule has 2 heterocycles. The van der Waals surface area contributed by atoms with Crippen molar-refractivity contribution in [2.24, 2.45) is 4.99 Å². The van der Waals surface area contributed by atoms with Gasteiger partial charge in [-0.15, -0.1) is 0 Å². The molecule has 2 aliphatic heterocycles. The molecule has 0 amide bonds. The predicted molar refractivity (Wildman–Crippen MR) is 115 cm³/mol. The summed E-state index contributed by atoms with van der Waals surface area (Å²) in [6.45, 7) is 12.2. The highest BCUT2D eigenvalue weighted by atomic mass is 15.2. The summed E-state index contributed by atoms with van der Waals surface area (Å²) in [5, 5.41) is 7.06. The van der Waals surface area contributed by atoms with Crippen molar-refractivity contribution >= 4 is 11.6 Å². The number of piperidine rings is 1. The predicted octanol–water partition coefficient (Wildman–Crippen LogP) is 2.77. The molecule has 0 saturated carbocycles. The Morgan fingerprint density at radius 2 is 1.96 bits per heavy atom. The van der Waals surface area contributed by atoms with E-state index < -0.39 is 0 Å². The summed E-state index contributed by atoms with van der Waals surface area (Å²) in [7, 11) is 1.85. The first-order valence-electron chi connectivity index (χ1n) is 9.97. The van der Waals surface area contributed by atoms with Gasteiger partial charge in [-0.1, -0.05) is 36.4 Å². The molecule has 0 bridgehead atoms. The topological polar surface area (TPSA) is 42.9 Å². The van der Waals surface area contributed by atoms with Crippen LogP contribution in [0.3, 0.4) is 0 Å². The van der Waals surface area contributed by atoms with Crippen LogP contribution in [0.1, 0.15) is 25.3 Å². The van der Waals surface area contributed by atoms with E-state index in [0.29, 0.717) is 6.04 Å². The summed E-state index contributed by atoms with van der Waals surface area (Å²) in [4.78, 5) is 9.26. The molecular formula is C22H33N5. The van der Waals surface area contributed by atoms with Gasteiger partial charge in [0.25, 0.3) is 0 Å². The molecule has 3 rings (SSSR count). The maximum Gasteiger partial charge on any atom is 0.191 e. The van der Waals surface area contributed by atoms with Gasteiger partial charge in [-0.25, -0.2) is 0 Å². The molecule has 1 saturated heterocycles. The lowest BCUT2D eigenvalue weighted by molar-refractivity contribution is 0.221. The molecule has 1 aromatic carbocycles. The van der Waals surface area contributed by atoms with E-state index in [0.717, 1.165) is 58.1 Å². The Morgan fingerprint density at radius 1 is 1.22 bits per heavy atom. The zero-order valence-electron chi connectivity index (χ0n) is 16.7. The second-order valence-corrected chi connectivity index (χ2v) is 7.62. The third-order valence-corrected chi connectivity index (χ3v) is 5.20. The molecule has 0 aliphatic carbocycles. The second-order valence-electron chi connectivity index (χ2n) is 7.62. The summed E-state index contributed by atoms with van der Waals surface area (Å²) < 4.78 is 0. The molecule has 0 radical (unpaired) electrons. The Balaban J connectivity index is 1.46. The normalized spacial score (nSPS) is 18.7. The highest BCUT2D eigenvalue weighted by molar-refractivity contribution is 5.80. The first kappa shape index (κ1) is 19.5. The van der Waals surface area contributed by atoms with E-state index >= 15 is 0 Å². The minimum absolute atomic E-state index is 0.486. The summed E-state index contributed by atoms with van der Waals surface area (Å²) >= 11 is 0. The van der Waals surface area contributed by atoms with Gasteiger partial charge in [0, 0.05) is 58.0 Å². The number of rotatable bonds is 6. The fourth-order valence-corrected chi connectivity index (χ4v) is 3.74. The Hall–Kier alpha value is -2.27. The Bertz CT molecular complexity index is 678. The number of nitrogens with one attached hydrogen (secondary N) is 2. The van der Waals surface area contributed by atoms with Gasteiger partial charge in [-0.3, -0.25) is 9.89 Å². The van der Waals surface area contributed by atoms with Crippen molar-refractivity contribution < 1.29 is 0 Å². The monoisotopic (exact) mass is 367 g/mol. The lowest BCUT2D eigenvalue weighted by Gasteiger charge is -2.33. The molecule has 5 heteroatoms. The minimum Gasteiger partial charge on any atom is -0.364 e. The summed E-state index contributed by atoms with van der Waals surface area (Å²) in [5.74, 6) is 0.890. The van der Waals surface area contributed by atoms with Crippen LogP contribution in [0.4, 0.5) is 5.69 Å². The van der Waals surface area contributed by atoms with Gasteiger partial charge in [0.15, 0.2) is 5.96 Å². The highest BCUT2D eigenvalue weighted by Crippen LogP contribution is 2.18. The number of likely N-dealkylation sites (tertiary alicyclic amines) is 1. The van der Waals surface area contributed by atoms with Crippen molar-refractivity contribution in [3.63, 3.8) is 0 Å². The molecule has 0 unspecified atom stereocenters. The van der Waals surface area contributed by atoms with E-state index in [9.17, 15) is 0 Å². The number of hydrogen-bond donors (Lipinski definition) is 2. The number of benzene rings is 1. The SMILES string of the molecule is C=C(C)CN1CCC(NC(=NC)NCc2cccc(N3CC=CC3)c2)CC1. The van der Waals surface area contributed by atoms with Gasteiger partial charge in [0.1, 0.15) is 0 Å². The van der Waals surface area contributed by atoms with Gasteiger partial charge in [-0.2, -0.15) is 0 Å². The lowest BCUT2D eigenvalue weighted by atomic mass is 10.0. The van der Waals surface area contributed by atoms with E-state index in [1.165, 1.54) is 16.8 Å². The molecule has 2 N–H and O–H groups in total. The Labute approximate surface area is 163 Å². The van der Waals surface area contributed by atoms with Gasteiger partial charge >= 0.3 is 0 Å². The maximum atomic E-state index is 4.41. The first-order chi connectivity index (χ1) is 13.1. The minimum atomic E-state index is 0.486. The van der Waals surface area contributed by atoms with Crippen LogP contribution in [0.15, 0.2) is 53.6 Å². The molecular weight excluding hydrogens is 334 g/mol. The maximum absolute atomic E-state index is 4.41. The van der Waals surface area contributed by atoms with E-state index in [1.807, 2.05) is 7.05 Å². The molecule has 2 aliphatic rings. The van der Waals surface area contributed by atoms with Crippen LogP contribution in [0.2, 0.25) is 0 Å². The van der Waals surface area contributed by atoms with Crippen molar-refractivity contribution in [2.75, 3.05) is 44.7 Å². The average molecular weight is 368 g/mol. The van der Waals surface area contributed by atoms with Gasteiger partial charge < -0.3 is 15.5 Å². The molecule has 0 aromatic heterocycles. The Kier molecular flexibility index (Phi) is 6.93. The smallest absolute Gasteiger partial charge is 0.191 e. The molecule has 1 aromatic rings. The van der Waals surface area contributed by atoms with Crippen molar-refractivity contribution in [3.05, 3.63) is 54.1 Å². The van der Waals surface area contributed by atoms with Crippen LogP contribution in [0.25, 0.3) is 0 Å². The first-order valence-corrected chi connectivity index (χ1v) is 9.97. The molecule has 1 fully saturated rings. The zero-order chi connectivity index (χ0) is 19.1. The number of anilines is 1. The lowest BCUT2D eigenvalue weighted by Crippen LogP contribution is -2.48. The number of aliphatic imine (C=N–C) groups is 1. The number of hydrogen-bond acceptors (Lipinski definition) is 3. The standard InChI is InChI=1S/C22H33N5/c1-18(2)17-26-13-9-20(10-14-26)25-22(23-3)24-16-19-7-6-8-21(15-19)27-11-4-5-12-27/h4-8,15,20H,1,9-14,16-17H2,2-3H3,(H2,23,24,25). The van der Waals surface area contributed by atoms with E-state index in [2.05, 4.69) is 75.3 Å². The molecule has 5 nitrogen and oxygen atoms in total. The largest absolute Gasteiger partial charge is 0.364 e. The molecule has 0 spiro atoms. The quantitative estimate of drug-likeness (QED) is 0.461. The third-order valence-electron chi connectivity index (χ3n) is 5.20. The van der Waals surface area contributed by atoms with E-state index in [1.54, 1.807) is 0 Å². The molecule has 146 valence electrons. The summed E-state index contributed by atoms with van der Waals surface area (Å²) in [6.07, 6.45) is 6.73. The van der Waals surface area contributed by atoms with Crippen LogP contribution in [-0.2, 0) is 6.54 Å². The summed E-state index contributed by atoms with van der Waals surface area (Å²) in [5.41, 5.74) is 3.80. The second kappa shape index (κ2) is 9.60. The van der Waals surface area contributed by atoms with Crippen LogP contribution in [-0.4, -0.2) is 56.7 Å². The average Bonchev–Trinajstić information content (AvgIpc) is 3.21. The molecule has 0 atom stereocenters. The van der Waals surface area contributed by atoms with E-state index in [4.69, 9.17) is 0 Å². The fourth-order valence-electron chi connectivity index (χ4n) is 3.74. The van der Waals surface area contributed by atoms with Crippen molar-refractivity contribution in [3.8, 4) is 0 Å².